The van der Waals surface area contributed by atoms with E-state index in [1.54, 1.807) is 12.1 Å². The lowest BCUT2D eigenvalue weighted by molar-refractivity contribution is 0.581. The first kappa shape index (κ1) is 13.9. The highest BCUT2D eigenvalue weighted by Crippen LogP contribution is 2.38. The zero-order chi connectivity index (χ0) is 14.2. The van der Waals surface area contributed by atoms with E-state index in [1.165, 1.54) is 12.8 Å². The number of para-hydroxylation sites is 1. The number of hydrogen-bond donors (Lipinski definition) is 2. The van der Waals surface area contributed by atoms with Gasteiger partial charge in [-0.15, -0.1) is 0 Å². The molecule has 2 unspecified atom stereocenters. The molecule has 2 atom stereocenters. The molecule has 0 aliphatic heterocycles. The van der Waals surface area contributed by atoms with Crippen molar-refractivity contribution < 1.29 is 8.42 Å². The van der Waals surface area contributed by atoms with Crippen LogP contribution in [0.4, 0.5) is 5.69 Å². The molecule has 2 aliphatic rings. The van der Waals surface area contributed by atoms with E-state index in [0.29, 0.717) is 16.9 Å². The van der Waals surface area contributed by atoms with Gasteiger partial charge < -0.3 is 5.32 Å². The van der Waals surface area contributed by atoms with Crippen LogP contribution in [0.1, 0.15) is 39.0 Å². The van der Waals surface area contributed by atoms with Crippen molar-refractivity contribution in [3.05, 3.63) is 24.3 Å². The summed E-state index contributed by atoms with van der Waals surface area (Å²) >= 11 is 0. The van der Waals surface area contributed by atoms with Gasteiger partial charge in [0.15, 0.2) is 0 Å². The van der Waals surface area contributed by atoms with Crippen LogP contribution in [-0.2, 0) is 10.0 Å². The molecule has 110 valence electrons. The first-order valence-corrected chi connectivity index (χ1v) is 8.96. The highest BCUT2D eigenvalue weighted by atomic mass is 32.2. The Morgan fingerprint density at radius 1 is 1.25 bits per heavy atom. The maximum atomic E-state index is 12.4. The molecule has 5 heteroatoms. The third kappa shape index (κ3) is 3.15. The lowest BCUT2D eigenvalue weighted by Crippen LogP contribution is -2.26. The first-order valence-electron chi connectivity index (χ1n) is 7.48. The molecule has 0 spiro atoms. The van der Waals surface area contributed by atoms with E-state index in [4.69, 9.17) is 0 Å². The average Bonchev–Trinajstić information content (AvgIpc) is 3.30. The molecular weight excluding hydrogens is 272 g/mol. The van der Waals surface area contributed by atoms with Gasteiger partial charge in [-0.2, -0.15) is 0 Å². The van der Waals surface area contributed by atoms with Crippen molar-refractivity contribution in [2.75, 3.05) is 5.32 Å². The van der Waals surface area contributed by atoms with E-state index in [2.05, 4.69) is 17.0 Å². The van der Waals surface area contributed by atoms with Crippen molar-refractivity contribution in [1.29, 1.82) is 0 Å². The monoisotopic (exact) mass is 294 g/mol. The van der Waals surface area contributed by atoms with Crippen LogP contribution in [0.15, 0.2) is 29.2 Å². The van der Waals surface area contributed by atoms with E-state index < -0.39 is 10.0 Å². The zero-order valence-corrected chi connectivity index (χ0v) is 12.6. The number of sulfonamides is 1. The SMILES string of the molecule is CCCC1CC1Nc1ccccc1S(=O)(=O)NC1CC1. The molecular formula is C15H22N2O2S. The Morgan fingerprint density at radius 2 is 2.00 bits per heavy atom. The Hall–Kier alpha value is -1.07. The van der Waals surface area contributed by atoms with E-state index in [1.807, 2.05) is 12.1 Å². The van der Waals surface area contributed by atoms with Gasteiger partial charge in [-0.25, -0.2) is 13.1 Å². The summed E-state index contributed by atoms with van der Waals surface area (Å²) in [5.74, 6) is 0.701. The third-order valence-corrected chi connectivity index (χ3v) is 5.58. The van der Waals surface area contributed by atoms with E-state index in [-0.39, 0.29) is 6.04 Å². The maximum Gasteiger partial charge on any atom is 0.242 e. The zero-order valence-electron chi connectivity index (χ0n) is 11.8. The molecule has 0 aromatic heterocycles. The Morgan fingerprint density at radius 3 is 2.70 bits per heavy atom. The molecule has 0 saturated heterocycles. The van der Waals surface area contributed by atoms with Crippen LogP contribution in [0.5, 0.6) is 0 Å². The average molecular weight is 294 g/mol. The summed E-state index contributed by atoms with van der Waals surface area (Å²) in [6.07, 6.45) is 5.46. The molecule has 3 rings (SSSR count). The first-order chi connectivity index (χ1) is 9.60. The minimum absolute atomic E-state index is 0.141. The van der Waals surface area contributed by atoms with Gasteiger partial charge in [-0.1, -0.05) is 25.5 Å². The van der Waals surface area contributed by atoms with Crippen molar-refractivity contribution in [1.82, 2.24) is 4.72 Å². The number of nitrogens with one attached hydrogen (secondary N) is 2. The molecule has 1 aromatic rings. The smallest absolute Gasteiger partial charge is 0.242 e. The standard InChI is InChI=1S/C15H22N2O2S/c1-2-5-11-10-14(11)16-13-6-3-4-7-15(13)20(18,19)17-12-8-9-12/h3-4,6-7,11-12,14,16-17H,2,5,8-10H2,1H3. The van der Waals surface area contributed by atoms with Gasteiger partial charge in [0.05, 0.1) is 5.69 Å². The Labute approximate surface area is 121 Å². The van der Waals surface area contributed by atoms with E-state index >= 15 is 0 Å². The molecule has 2 fully saturated rings. The summed E-state index contributed by atoms with van der Waals surface area (Å²) in [5, 5.41) is 3.40. The van der Waals surface area contributed by atoms with Crippen LogP contribution in [-0.4, -0.2) is 20.5 Å². The molecule has 0 bridgehead atoms. The fourth-order valence-electron chi connectivity index (χ4n) is 2.62. The van der Waals surface area contributed by atoms with Gasteiger partial charge in [0.2, 0.25) is 10.0 Å². The summed E-state index contributed by atoms with van der Waals surface area (Å²) in [6.45, 7) is 2.19. The molecule has 2 aliphatic carbocycles. The topological polar surface area (TPSA) is 58.2 Å². The van der Waals surface area contributed by atoms with Gasteiger partial charge in [0.25, 0.3) is 0 Å². The van der Waals surface area contributed by atoms with Gasteiger partial charge in [-0.3, -0.25) is 0 Å². The highest BCUT2D eigenvalue weighted by molar-refractivity contribution is 7.89. The second kappa shape index (κ2) is 5.37. The fourth-order valence-corrected chi connectivity index (χ4v) is 4.09. The van der Waals surface area contributed by atoms with Crippen LogP contribution < -0.4 is 10.0 Å². The van der Waals surface area contributed by atoms with Gasteiger partial charge in [0.1, 0.15) is 4.90 Å². The normalized spacial score (nSPS) is 25.4. The molecule has 0 heterocycles. The molecule has 2 N–H and O–H groups in total. The predicted octanol–water partition coefficient (Wildman–Crippen LogP) is 2.73. The number of rotatable bonds is 7. The predicted molar refractivity (Wildman–Crippen MR) is 80.2 cm³/mol. The van der Waals surface area contributed by atoms with Crippen molar-refractivity contribution in [2.24, 2.45) is 5.92 Å². The summed E-state index contributed by atoms with van der Waals surface area (Å²) in [4.78, 5) is 0.383. The molecule has 4 nitrogen and oxygen atoms in total. The van der Waals surface area contributed by atoms with Crippen LogP contribution in [0.25, 0.3) is 0 Å². The second-order valence-electron chi connectivity index (χ2n) is 5.93. The van der Waals surface area contributed by atoms with E-state index in [9.17, 15) is 8.42 Å². The lowest BCUT2D eigenvalue weighted by atomic mass is 10.2. The molecule has 2 saturated carbocycles. The Bertz CT molecular complexity index is 581. The quantitative estimate of drug-likeness (QED) is 0.813. The van der Waals surface area contributed by atoms with Crippen LogP contribution in [0.3, 0.4) is 0 Å². The minimum Gasteiger partial charge on any atom is -0.381 e. The number of anilines is 1. The van der Waals surface area contributed by atoms with Crippen LogP contribution in [0, 0.1) is 5.92 Å². The highest BCUT2D eigenvalue weighted by Gasteiger charge is 2.37. The molecule has 0 amide bonds. The van der Waals surface area contributed by atoms with Crippen molar-refractivity contribution in [3.8, 4) is 0 Å². The largest absolute Gasteiger partial charge is 0.381 e. The van der Waals surface area contributed by atoms with Gasteiger partial charge in [0, 0.05) is 12.1 Å². The summed E-state index contributed by atoms with van der Waals surface area (Å²) in [7, 11) is -3.39. The number of hydrogen-bond acceptors (Lipinski definition) is 3. The molecule has 0 radical (unpaired) electrons. The number of benzene rings is 1. The van der Waals surface area contributed by atoms with Crippen molar-refractivity contribution >= 4 is 15.7 Å². The van der Waals surface area contributed by atoms with Crippen molar-refractivity contribution in [3.63, 3.8) is 0 Å². The van der Waals surface area contributed by atoms with Gasteiger partial charge in [-0.05, 0) is 43.7 Å². The molecule has 1 aromatic carbocycles. The fraction of sp³-hybridized carbons (Fsp3) is 0.600. The second-order valence-corrected chi connectivity index (χ2v) is 7.61. The van der Waals surface area contributed by atoms with Crippen molar-refractivity contribution in [2.45, 2.75) is 56.0 Å². The van der Waals surface area contributed by atoms with E-state index in [0.717, 1.165) is 24.9 Å². The summed E-state index contributed by atoms with van der Waals surface area (Å²) < 4.78 is 27.5. The third-order valence-electron chi connectivity index (χ3n) is 4.00. The molecule has 20 heavy (non-hydrogen) atoms. The summed E-state index contributed by atoms with van der Waals surface area (Å²) in [6, 6.07) is 7.79. The Balaban J connectivity index is 1.74. The minimum atomic E-state index is -3.39. The maximum absolute atomic E-state index is 12.4. The van der Waals surface area contributed by atoms with Crippen LogP contribution in [0.2, 0.25) is 0 Å². The lowest BCUT2D eigenvalue weighted by Gasteiger charge is -2.13. The summed E-state index contributed by atoms with van der Waals surface area (Å²) in [5.41, 5.74) is 0.740. The van der Waals surface area contributed by atoms with Crippen LogP contribution >= 0.6 is 0 Å². The Kier molecular flexibility index (Phi) is 3.73. The van der Waals surface area contributed by atoms with Gasteiger partial charge >= 0.3 is 0 Å².